The highest BCUT2D eigenvalue weighted by Crippen LogP contribution is 2.19. The second kappa shape index (κ2) is 25.2. The first-order chi connectivity index (χ1) is 11.4. The zero-order chi connectivity index (χ0) is 19.1. The summed E-state index contributed by atoms with van der Waals surface area (Å²) in [5.41, 5.74) is 7.45. The molecule has 0 atom stereocenters. The van der Waals surface area contributed by atoms with Gasteiger partial charge < -0.3 is 35.3 Å². The van der Waals surface area contributed by atoms with Crippen LogP contribution in [-0.2, 0) is 14.0 Å². The molecule has 0 aliphatic carbocycles. The van der Waals surface area contributed by atoms with E-state index < -0.39 is 7.60 Å². The Bertz CT molecular complexity index is 227. The number of hydrogen-bond donors (Lipinski definition) is 2. The Hall–Kier alpha value is -0.0100. The molecule has 0 bridgehead atoms. The fourth-order valence-electron chi connectivity index (χ4n) is 1.11. The number of quaternary nitrogens is 2. The molecule has 0 aromatic heterocycles. The van der Waals surface area contributed by atoms with Crippen LogP contribution in [-0.4, -0.2) is 45.7 Å². The summed E-state index contributed by atoms with van der Waals surface area (Å²) < 4.78 is 20.0. The molecule has 0 radical (unpaired) electrons. The zero-order valence-corrected chi connectivity index (χ0v) is 17.0. The first-order valence-corrected chi connectivity index (χ1v) is 10.9. The Morgan fingerprint density at radius 3 is 1.25 bits per heavy atom. The summed E-state index contributed by atoms with van der Waals surface area (Å²) in [6, 6.07) is 0. The standard InChI is InChI=1S/2C7H17NO.C2H7O3P/c2*1-2-3-6-9-7-4-5-8;1-2-6(3,4)5/h2*2-8H2,1H3;2H2,1H3,(H2,3,4,5). The van der Waals surface area contributed by atoms with Gasteiger partial charge in [-0.15, -0.1) is 0 Å². The van der Waals surface area contributed by atoms with Gasteiger partial charge in [-0.25, -0.2) is 0 Å². The van der Waals surface area contributed by atoms with E-state index >= 15 is 0 Å². The van der Waals surface area contributed by atoms with E-state index in [1.54, 1.807) is 0 Å². The van der Waals surface area contributed by atoms with E-state index in [0.717, 1.165) is 52.4 Å². The molecular weight excluding hydrogens is 331 g/mol. The van der Waals surface area contributed by atoms with Crippen molar-refractivity contribution in [2.75, 3.05) is 45.7 Å². The van der Waals surface area contributed by atoms with Crippen LogP contribution in [0.25, 0.3) is 0 Å². The van der Waals surface area contributed by atoms with E-state index in [9.17, 15) is 14.4 Å². The molecule has 0 spiro atoms. The normalized spacial score (nSPS) is 10.5. The van der Waals surface area contributed by atoms with Gasteiger partial charge in [0.15, 0.2) is 0 Å². The lowest BCUT2D eigenvalue weighted by Gasteiger charge is -2.26. The van der Waals surface area contributed by atoms with Crippen molar-refractivity contribution in [3.63, 3.8) is 0 Å². The lowest BCUT2D eigenvalue weighted by Crippen LogP contribution is -2.50. The van der Waals surface area contributed by atoms with Crippen LogP contribution in [0, 0.1) is 0 Å². The Balaban J connectivity index is -0.000000282. The van der Waals surface area contributed by atoms with Crippen molar-refractivity contribution in [2.24, 2.45) is 0 Å². The van der Waals surface area contributed by atoms with Gasteiger partial charge in [0.2, 0.25) is 0 Å². The minimum Gasteiger partial charge on any atom is -0.811 e. The highest BCUT2D eigenvalue weighted by atomic mass is 31.2. The first kappa shape index (κ1) is 28.8. The second-order valence-electron chi connectivity index (χ2n) is 5.27. The predicted octanol–water partition coefficient (Wildman–Crippen LogP) is -0.210. The van der Waals surface area contributed by atoms with Crippen molar-refractivity contribution in [1.82, 2.24) is 0 Å². The van der Waals surface area contributed by atoms with Crippen LogP contribution in [0.5, 0.6) is 0 Å². The van der Waals surface area contributed by atoms with Crippen LogP contribution in [0.2, 0.25) is 0 Å². The lowest BCUT2D eigenvalue weighted by molar-refractivity contribution is -0.369. The molecule has 6 N–H and O–H groups in total. The lowest BCUT2D eigenvalue weighted by atomic mass is 10.4. The van der Waals surface area contributed by atoms with E-state index in [1.165, 1.54) is 32.6 Å². The molecule has 0 rings (SSSR count). The number of hydrogen-bond acceptors (Lipinski definition) is 5. The maximum atomic E-state index is 9.47. The average Bonchev–Trinajstić information content (AvgIpc) is 2.55. The predicted molar refractivity (Wildman–Crippen MR) is 94.3 cm³/mol. The van der Waals surface area contributed by atoms with Crippen molar-refractivity contribution in [3.05, 3.63) is 0 Å². The van der Waals surface area contributed by atoms with E-state index in [4.69, 9.17) is 9.47 Å². The highest BCUT2D eigenvalue weighted by molar-refractivity contribution is 7.48. The third-order valence-electron chi connectivity index (χ3n) is 2.75. The van der Waals surface area contributed by atoms with Crippen LogP contribution in [0.3, 0.4) is 0 Å². The summed E-state index contributed by atoms with van der Waals surface area (Å²) in [5.74, 6) is 0. The molecule has 0 aromatic rings. The highest BCUT2D eigenvalue weighted by Gasteiger charge is 1.86. The molecule has 0 saturated carbocycles. The van der Waals surface area contributed by atoms with Crippen LogP contribution in [0.15, 0.2) is 0 Å². The Labute approximate surface area is 148 Å². The minimum atomic E-state index is -4.15. The number of unbranched alkanes of at least 4 members (excludes halogenated alkanes) is 2. The fourth-order valence-corrected chi connectivity index (χ4v) is 1.11. The van der Waals surface area contributed by atoms with Gasteiger partial charge in [0.05, 0.1) is 26.3 Å². The molecule has 24 heavy (non-hydrogen) atoms. The fraction of sp³-hybridized carbons (Fsp3) is 1.00. The summed E-state index contributed by atoms with van der Waals surface area (Å²) in [6.45, 7) is 11.3. The molecule has 0 heterocycles. The maximum Gasteiger partial charge on any atom is 0.0762 e. The van der Waals surface area contributed by atoms with Crippen molar-refractivity contribution < 1.29 is 35.3 Å². The Kier molecular flexibility index (Phi) is 30.3. The van der Waals surface area contributed by atoms with Crippen LogP contribution >= 0.6 is 7.60 Å². The molecule has 0 aliphatic heterocycles. The molecule has 0 aliphatic rings. The SMILES string of the molecule is CCCCOCCC[NH3+].CCCCOCCC[NH3+].CCP(=O)([O-])[O-]. The molecule has 0 saturated heterocycles. The van der Waals surface area contributed by atoms with Crippen molar-refractivity contribution >= 4 is 7.60 Å². The third-order valence-corrected chi connectivity index (χ3v) is 3.52. The van der Waals surface area contributed by atoms with E-state index in [2.05, 4.69) is 25.3 Å². The van der Waals surface area contributed by atoms with E-state index in [0.29, 0.717) is 0 Å². The Morgan fingerprint density at radius 2 is 1.04 bits per heavy atom. The smallest absolute Gasteiger partial charge is 0.0762 e. The summed E-state index contributed by atoms with van der Waals surface area (Å²) in [5, 5.41) is 0. The van der Waals surface area contributed by atoms with Gasteiger partial charge in [-0.1, -0.05) is 41.2 Å². The van der Waals surface area contributed by atoms with Gasteiger partial charge in [-0.2, -0.15) is 0 Å². The van der Waals surface area contributed by atoms with E-state index in [-0.39, 0.29) is 6.16 Å². The van der Waals surface area contributed by atoms with Gasteiger partial charge in [0.25, 0.3) is 0 Å². The number of ether oxygens (including phenoxy) is 2. The molecule has 150 valence electrons. The largest absolute Gasteiger partial charge is 0.811 e. The number of rotatable bonds is 13. The quantitative estimate of drug-likeness (QED) is 0.340. The molecule has 0 unspecified atom stereocenters. The Morgan fingerprint density at radius 1 is 0.750 bits per heavy atom. The monoisotopic (exact) mass is 372 g/mol. The molecule has 8 heteroatoms. The molecule has 0 fully saturated rings. The third kappa shape index (κ3) is 43.1. The first-order valence-electron chi connectivity index (χ1n) is 9.14. The maximum absolute atomic E-state index is 9.47. The average molecular weight is 372 g/mol. The minimum absolute atomic E-state index is 0.285. The van der Waals surface area contributed by atoms with Crippen LogP contribution in [0.4, 0.5) is 0 Å². The van der Waals surface area contributed by atoms with Gasteiger partial charge in [-0.3, -0.25) is 0 Å². The summed E-state index contributed by atoms with van der Waals surface area (Å²) in [7, 11) is -4.15. The van der Waals surface area contributed by atoms with Crippen molar-refractivity contribution in [3.8, 4) is 0 Å². The van der Waals surface area contributed by atoms with Crippen LogP contribution in [0.1, 0.15) is 59.3 Å². The molecule has 7 nitrogen and oxygen atoms in total. The topological polar surface area (TPSA) is 137 Å². The molecule has 0 amide bonds. The van der Waals surface area contributed by atoms with Crippen molar-refractivity contribution in [2.45, 2.75) is 59.3 Å². The van der Waals surface area contributed by atoms with Gasteiger partial charge in [0.1, 0.15) is 0 Å². The van der Waals surface area contributed by atoms with Crippen molar-refractivity contribution in [1.29, 1.82) is 0 Å². The summed E-state index contributed by atoms with van der Waals surface area (Å²) in [4.78, 5) is 18.9. The summed E-state index contributed by atoms with van der Waals surface area (Å²) in [6.07, 6.45) is 6.75. The van der Waals surface area contributed by atoms with E-state index in [1.807, 2.05) is 0 Å². The van der Waals surface area contributed by atoms with Gasteiger partial charge in [-0.05, 0) is 19.0 Å². The summed E-state index contributed by atoms with van der Waals surface area (Å²) >= 11 is 0. The molecular formula is C16H41N2O5P. The molecule has 0 aromatic carbocycles. The van der Waals surface area contributed by atoms with Gasteiger partial charge in [0, 0.05) is 26.1 Å². The van der Waals surface area contributed by atoms with Crippen LogP contribution < -0.4 is 21.3 Å². The second-order valence-corrected chi connectivity index (χ2v) is 7.13. The van der Waals surface area contributed by atoms with Gasteiger partial charge >= 0.3 is 0 Å². The zero-order valence-electron chi connectivity index (χ0n) is 16.1.